The molecular formula is C19H24N2O6S. The first-order chi connectivity index (χ1) is 13.5. The third-order valence-corrected chi connectivity index (χ3v) is 5.92. The summed E-state index contributed by atoms with van der Waals surface area (Å²) in [5, 5.41) is 2.76. The van der Waals surface area contributed by atoms with Gasteiger partial charge in [-0.2, -0.15) is 0 Å². The molecule has 1 aliphatic heterocycles. The Morgan fingerprint density at radius 3 is 2.25 bits per heavy atom. The minimum absolute atomic E-state index is 0.170. The van der Waals surface area contributed by atoms with Crippen molar-refractivity contribution in [3.63, 3.8) is 0 Å². The highest BCUT2D eigenvalue weighted by molar-refractivity contribution is 8.14. The summed E-state index contributed by atoms with van der Waals surface area (Å²) in [6.07, 6.45) is 3.25. The van der Waals surface area contributed by atoms with Crippen molar-refractivity contribution in [1.29, 1.82) is 0 Å². The molecule has 8 nitrogen and oxygen atoms in total. The van der Waals surface area contributed by atoms with Gasteiger partial charge in [0.1, 0.15) is 0 Å². The molecule has 1 aromatic rings. The number of hydrogen-bond donors (Lipinski definition) is 1. The molecule has 1 N–H and O–H groups in total. The molecule has 1 heterocycles. The number of hydrogen-bond acceptors (Lipinski definition) is 7. The molecule has 1 saturated carbocycles. The first-order valence-corrected chi connectivity index (χ1v) is 10.1. The summed E-state index contributed by atoms with van der Waals surface area (Å²) in [5.74, 6) is 0.837. The molecule has 0 bridgehead atoms. The molecule has 1 aromatic carbocycles. The highest BCUT2D eigenvalue weighted by atomic mass is 32.2. The van der Waals surface area contributed by atoms with Crippen LogP contribution in [0.3, 0.4) is 0 Å². The quantitative estimate of drug-likeness (QED) is 0.773. The fourth-order valence-electron chi connectivity index (χ4n) is 3.74. The molecule has 2 aliphatic rings. The van der Waals surface area contributed by atoms with Crippen LogP contribution in [0.2, 0.25) is 0 Å². The molecule has 1 aliphatic carbocycles. The minimum atomic E-state index is -0.317. The van der Waals surface area contributed by atoms with E-state index >= 15 is 0 Å². The molecule has 3 rings (SSSR count). The third kappa shape index (κ3) is 3.89. The molecule has 152 valence electrons. The lowest BCUT2D eigenvalue weighted by Gasteiger charge is -2.36. The molecule has 2 atom stereocenters. The zero-order valence-electron chi connectivity index (χ0n) is 16.1. The van der Waals surface area contributed by atoms with Crippen LogP contribution in [0.1, 0.15) is 36.0 Å². The van der Waals surface area contributed by atoms with Gasteiger partial charge in [-0.05, 0) is 25.0 Å². The number of benzene rings is 1. The van der Waals surface area contributed by atoms with Gasteiger partial charge in [0.15, 0.2) is 11.5 Å². The van der Waals surface area contributed by atoms with Crippen LogP contribution in [0.5, 0.6) is 17.2 Å². The summed E-state index contributed by atoms with van der Waals surface area (Å²) < 4.78 is 15.9. The Labute approximate surface area is 167 Å². The zero-order valence-corrected chi connectivity index (χ0v) is 17.0. The van der Waals surface area contributed by atoms with E-state index < -0.39 is 0 Å². The fraction of sp³-hybridized carbons (Fsp3) is 0.526. The topological polar surface area (TPSA) is 94.2 Å². The third-order valence-electron chi connectivity index (χ3n) is 5.09. The van der Waals surface area contributed by atoms with Gasteiger partial charge in [0.25, 0.3) is 11.1 Å². The van der Waals surface area contributed by atoms with Gasteiger partial charge in [-0.1, -0.05) is 24.6 Å². The van der Waals surface area contributed by atoms with E-state index in [1.54, 1.807) is 12.1 Å². The highest BCUT2D eigenvalue weighted by Gasteiger charge is 2.41. The van der Waals surface area contributed by atoms with E-state index in [0.29, 0.717) is 35.7 Å². The van der Waals surface area contributed by atoms with E-state index in [1.807, 2.05) is 0 Å². The van der Waals surface area contributed by atoms with Gasteiger partial charge in [-0.15, -0.1) is 0 Å². The number of imide groups is 1. The van der Waals surface area contributed by atoms with Gasteiger partial charge < -0.3 is 19.5 Å². The largest absolute Gasteiger partial charge is 0.493 e. The first kappa shape index (κ1) is 20.3. The Balaban J connectivity index is 1.82. The molecule has 28 heavy (non-hydrogen) atoms. The molecule has 0 radical (unpaired) electrons. The van der Waals surface area contributed by atoms with Crippen molar-refractivity contribution in [2.24, 2.45) is 0 Å². The van der Waals surface area contributed by atoms with Crippen LogP contribution < -0.4 is 19.5 Å². The smallest absolute Gasteiger partial charge is 0.289 e. The van der Waals surface area contributed by atoms with Gasteiger partial charge >= 0.3 is 0 Å². The molecule has 0 spiro atoms. The predicted molar refractivity (Wildman–Crippen MR) is 104 cm³/mol. The summed E-state index contributed by atoms with van der Waals surface area (Å²) in [6.45, 7) is 0. The maximum atomic E-state index is 12.9. The SMILES string of the molecule is COc1cc(C(=O)NC2CCCCC2N2C(=O)CSC2=O)cc(OC)c1OC. The van der Waals surface area contributed by atoms with Crippen molar-refractivity contribution in [1.82, 2.24) is 10.2 Å². The van der Waals surface area contributed by atoms with E-state index in [0.717, 1.165) is 24.6 Å². The molecule has 3 amide bonds. The average molecular weight is 408 g/mol. The van der Waals surface area contributed by atoms with Gasteiger partial charge in [0.05, 0.1) is 39.2 Å². The van der Waals surface area contributed by atoms with Crippen LogP contribution in [0.4, 0.5) is 4.79 Å². The van der Waals surface area contributed by atoms with E-state index in [-0.39, 0.29) is 34.9 Å². The summed E-state index contributed by atoms with van der Waals surface area (Å²) in [6, 6.07) is 2.56. The molecule has 2 fully saturated rings. The number of nitrogens with one attached hydrogen (secondary N) is 1. The van der Waals surface area contributed by atoms with Gasteiger partial charge in [-0.25, -0.2) is 0 Å². The number of rotatable bonds is 6. The molecule has 9 heteroatoms. The second kappa shape index (κ2) is 8.72. The molecule has 2 unspecified atom stereocenters. The number of carbonyl (C=O) groups excluding carboxylic acids is 3. The van der Waals surface area contributed by atoms with Crippen LogP contribution in [0.15, 0.2) is 12.1 Å². The number of amides is 3. The van der Waals surface area contributed by atoms with Crippen molar-refractivity contribution < 1.29 is 28.6 Å². The number of carbonyl (C=O) groups is 3. The second-order valence-electron chi connectivity index (χ2n) is 6.66. The molecule has 0 aromatic heterocycles. The zero-order chi connectivity index (χ0) is 20.3. The lowest BCUT2D eigenvalue weighted by molar-refractivity contribution is -0.127. The van der Waals surface area contributed by atoms with Crippen LogP contribution in [0.25, 0.3) is 0 Å². The van der Waals surface area contributed by atoms with Crippen molar-refractivity contribution in [2.45, 2.75) is 37.8 Å². The molecular weight excluding hydrogens is 384 g/mol. The van der Waals surface area contributed by atoms with Gasteiger partial charge in [0, 0.05) is 5.56 Å². The predicted octanol–water partition coefficient (Wildman–Crippen LogP) is 2.45. The van der Waals surface area contributed by atoms with E-state index in [1.165, 1.54) is 26.2 Å². The fourth-order valence-corrected chi connectivity index (χ4v) is 4.50. The Morgan fingerprint density at radius 2 is 1.71 bits per heavy atom. The summed E-state index contributed by atoms with van der Waals surface area (Å²) >= 11 is 1.02. The van der Waals surface area contributed by atoms with Crippen LogP contribution in [-0.2, 0) is 4.79 Å². The maximum Gasteiger partial charge on any atom is 0.289 e. The Morgan fingerprint density at radius 1 is 1.07 bits per heavy atom. The number of thioether (sulfide) groups is 1. The van der Waals surface area contributed by atoms with Crippen molar-refractivity contribution >= 4 is 28.8 Å². The van der Waals surface area contributed by atoms with Crippen LogP contribution >= 0.6 is 11.8 Å². The molecule has 1 saturated heterocycles. The second-order valence-corrected chi connectivity index (χ2v) is 7.59. The average Bonchev–Trinajstić information content (AvgIpc) is 3.05. The highest BCUT2D eigenvalue weighted by Crippen LogP contribution is 2.38. The van der Waals surface area contributed by atoms with Crippen LogP contribution in [-0.4, -0.2) is 61.1 Å². The lowest BCUT2D eigenvalue weighted by Crippen LogP contribution is -2.54. The van der Waals surface area contributed by atoms with E-state index in [9.17, 15) is 14.4 Å². The normalized spacial score (nSPS) is 22.2. The Bertz CT molecular complexity index is 743. The van der Waals surface area contributed by atoms with E-state index in [4.69, 9.17) is 14.2 Å². The van der Waals surface area contributed by atoms with Gasteiger partial charge in [-0.3, -0.25) is 19.3 Å². The van der Waals surface area contributed by atoms with Gasteiger partial charge in [0.2, 0.25) is 11.7 Å². The van der Waals surface area contributed by atoms with Crippen molar-refractivity contribution in [2.75, 3.05) is 27.1 Å². The lowest BCUT2D eigenvalue weighted by atomic mass is 9.89. The summed E-state index contributed by atoms with van der Waals surface area (Å²) in [7, 11) is 4.46. The summed E-state index contributed by atoms with van der Waals surface area (Å²) in [4.78, 5) is 38.5. The minimum Gasteiger partial charge on any atom is -0.493 e. The Hall–Kier alpha value is -2.42. The van der Waals surface area contributed by atoms with Crippen LogP contribution in [0, 0.1) is 0 Å². The Kier molecular flexibility index (Phi) is 6.33. The summed E-state index contributed by atoms with van der Waals surface area (Å²) in [5.41, 5.74) is 0.354. The first-order valence-electron chi connectivity index (χ1n) is 9.09. The monoisotopic (exact) mass is 408 g/mol. The number of ether oxygens (including phenoxy) is 3. The maximum absolute atomic E-state index is 12.9. The van der Waals surface area contributed by atoms with Crippen molar-refractivity contribution in [3.8, 4) is 17.2 Å². The number of nitrogens with zero attached hydrogens (tertiary/aromatic N) is 1. The standard InChI is InChI=1S/C19H24N2O6S/c1-25-14-8-11(9-15(26-2)17(14)27-3)18(23)20-12-6-4-5-7-13(12)21-16(22)10-28-19(21)24/h8-9,12-13H,4-7,10H2,1-3H3,(H,20,23). The van der Waals surface area contributed by atoms with Crippen molar-refractivity contribution in [3.05, 3.63) is 17.7 Å². The van der Waals surface area contributed by atoms with E-state index in [2.05, 4.69) is 5.32 Å². The number of methoxy groups -OCH3 is 3.